The summed E-state index contributed by atoms with van der Waals surface area (Å²) < 4.78 is 5.54. The van der Waals surface area contributed by atoms with Crippen molar-refractivity contribution >= 4 is 0 Å². The van der Waals surface area contributed by atoms with Crippen molar-refractivity contribution in [3.63, 3.8) is 0 Å². The van der Waals surface area contributed by atoms with E-state index >= 15 is 0 Å². The zero-order valence-corrected chi connectivity index (χ0v) is 11.7. The third-order valence-electron chi connectivity index (χ3n) is 3.04. The van der Waals surface area contributed by atoms with Gasteiger partial charge >= 0.3 is 0 Å². The molecule has 0 amide bonds. The normalized spacial score (nSPS) is 14.8. The van der Waals surface area contributed by atoms with Gasteiger partial charge in [0.15, 0.2) is 0 Å². The minimum absolute atomic E-state index is 0.0461. The molecule has 0 aliphatic carbocycles. The van der Waals surface area contributed by atoms with Crippen LogP contribution in [0.5, 0.6) is 0 Å². The topological polar surface area (TPSA) is 55.5 Å². The van der Waals surface area contributed by atoms with Crippen LogP contribution in [0, 0.1) is 0 Å². The first-order chi connectivity index (χ1) is 8.12. The summed E-state index contributed by atoms with van der Waals surface area (Å²) in [4.78, 5) is 0. The van der Waals surface area contributed by atoms with Crippen molar-refractivity contribution in [2.45, 2.75) is 70.8 Å². The average molecular weight is 245 g/mol. The van der Waals surface area contributed by atoms with E-state index in [1.165, 1.54) is 38.5 Å². The monoisotopic (exact) mass is 245 g/mol. The number of nitrogens with two attached hydrogens (primary N) is 1. The molecular formula is C14H31NO2. The summed E-state index contributed by atoms with van der Waals surface area (Å²) in [7, 11) is 0. The maximum Gasteiger partial charge on any atom is 0.0608 e. The summed E-state index contributed by atoms with van der Waals surface area (Å²) in [6.07, 6.45) is 9.57. The van der Waals surface area contributed by atoms with Crippen LogP contribution in [0.3, 0.4) is 0 Å². The van der Waals surface area contributed by atoms with E-state index in [1.54, 1.807) is 0 Å². The van der Waals surface area contributed by atoms with Crippen LogP contribution >= 0.6 is 0 Å². The molecule has 0 saturated heterocycles. The molecule has 0 bridgehead atoms. The summed E-state index contributed by atoms with van der Waals surface area (Å²) in [5, 5.41) is 8.97. The Labute approximate surface area is 107 Å². The van der Waals surface area contributed by atoms with E-state index in [2.05, 4.69) is 6.92 Å². The van der Waals surface area contributed by atoms with Gasteiger partial charge in [0.25, 0.3) is 0 Å². The van der Waals surface area contributed by atoms with Gasteiger partial charge in [0.2, 0.25) is 0 Å². The van der Waals surface area contributed by atoms with Crippen LogP contribution < -0.4 is 5.73 Å². The number of ether oxygens (including phenoxy) is 1. The molecule has 0 spiro atoms. The van der Waals surface area contributed by atoms with Gasteiger partial charge in [-0.3, -0.25) is 0 Å². The maximum atomic E-state index is 8.97. The molecule has 0 fully saturated rings. The van der Waals surface area contributed by atoms with E-state index in [1.807, 2.05) is 6.92 Å². The van der Waals surface area contributed by atoms with Gasteiger partial charge < -0.3 is 15.6 Å². The zero-order valence-electron chi connectivity index (χ0n) is 11.7. The molecule has 17 heavy (non-hydrogen) atoms. The zero-order chi connectivity index (χ0) is 13.0. The summed E-state index contributed by atoms with van der Waals surface area (Å²) in [6.45, 7) is 5.79. The molecule has 3 heteroatoms. The van der Waals surface area contributed by atoms with E-state index in [0.717, 1.165) is 26.1 Å². The first-order valence-electron chi connectivity index (χ1n) is 7.10. The van der Waals surface area contributed by atoms with Crippen LogP contribution in [0.25, 0.3) is 0 Å². The lowest BCUT2D eigenvalue weighted by molar-refractivity contribution is 0.115. The Morgan fingerprint density at radius 3 is 2.24 bits per heavy atom. The first kappa shape index (κ1) is 16.9. The molecule has 0 heterocycles. The third-order valence-corrected chi connectivity index (χ3v) is 3.04. The van der Waals surface area contributed by atoms with Gasteiger partial charge in [0.05, 0.1) is 6.61 Å². The Morgan fingerprint density at radius 1 is 1.00 bits per heavy atom. The number of aliphatic hydroxyl groups is 1. The van der Waals surface area contributed by atoms with Crippen LogP contribution in [-0.4, -0.2) is 30.5 Å². The Balaban J connectivity index is 3.09. The highest BCUT2D eigenvalue weighted by Crippen LogP contribution is 2.08. The molecule has 0 aromatic carbocycles. The SMILES string of the molecule is CCCCCCCCOCCCC(C)(N)CO. The van der Waals surface area contributed by atoms with Gasteiger partial charge in [0.1, 0.15) is 0 Å². The summed E-state index contributed by atoms with van der Waals surface area (Å²) in [6, 6.07) is 0. The second-order valence-electron chi connectivity index (χ2n) is 5.30. The van der Waals surface area contributed by atoms with Gasteiger partial charge in [-0.05, 0) is 26.2 Å². The van der Waals surface area contributed by atoms with Crippen molar-refractivity contribution in [2.75, 3.05) is 19.8 Å². The van der Waals surface area contributed by atoms with Crippen molar-refractivity contribution in [1.29, 1.82) is 0 Å². The fraction of sp³-hybridized carbons (Fsp3) is 1.00. The summed E-state index contributed by atoms with van der Waals surface area (Å²) in [5.41, 5.74) is 5.38. The van der Waals surface area contributed by atoms with Crippen LogP contribution in [0.4, 0.5) is 0 Å². The molecule has 0 aliphatic rings. The third kappa shape index (κ3) is 12.1. The van der Waals surface area contributed by atoms with Crippen LogP contribution in [0.1, 0.15) is 65.2 Å². The Morgan fingerprint density at radius 2 is 1.59 bits per heavy atom. The van der Waals surface area contributed by atoms with Gasteiger partial charge in [0, 0.05) is 18.8 Å². The van der Waals surface area contributed by atoms with E-state index in [0.29, 0.717) is 0 Å². The minimum atomic E-state index is -0.441. The summed E-state index contributed by atoms with van der Waals surface area (Å²) >= 11 is 0. The van der Waals surface area contributed by atoms with Crippen LogP contribution in [0.2, 0.25) is 0 Å². The maximum absolute atomic E-state index is 8.97. The number of hydrogen-bond acceptors (Lipinski definition) is 3. The highest BCUT2D eigenvalue weighted by molar-refractivity contribution is 4.76. The first-order valence-corrected chi connectivity index (χ1v) is 7.10. The average Bonchev–Trinajstić information content (AvgIpc) is 2.31. The summed E-state index contributed by atoms with van der Waals surface area (Å²) in [5.74, 6) is 0. The fourth-order valence-corrected chi connectivity index (χ4v) is 1.74. The van der Waals surface area contributed by atoms with Crippen molar-refractivity contribution in [3.8, 4) is 0 Å². The highest BCUT2D eigenvalue weighted by Gasteiger charge is 2.15. The molecule has 1 unspecified atom stereocenters. The molecule has 3 nitrogen and oxygen atoms in total. The second kappa shape index (κ2) is 11.0. The smallest absolute Gasteiger partial charge is 0.0608 e. The predicted octanol–water partition coefficient (Wildman–Crippen LogP) is 2.85. The van der Waals surface area contributed by atoms with Crippen molar-refractivity contribution in [3.05, 3.63) is 0 Å². The van der Waals surface area contributed by atoms with Crippen molar-refractivity contribution in [1.82, 2.24) is 0 Å². The molecule has 0 aromatic rings. The number of unbranched alkanes of at least 4 members (excludes halogenated alkanes) is 5. The molecule has 3 N–H and O–H groups in total. The molecule has 0 radical (unpaired) electrons. The molecule has 0 aliphatic heterocycles. The van der Waals surface area contributed by atoms with Gasteiger partial charge in [-0.25, -0.2) is 0 Å². The van der Waals surface area contributed by atoms with Gasteiger partial charge in [-0.2, -0.15) is 0 Å². The molecule has 104 valence electrons. The number of hydrogen-bond donors (Lipinski definition) is 2. The van der Waals surface area contributed by atoms with E-state index in [9.17, 15) is 0 Å². The Hall–Kier alpha value is -0.120. The molecule has 1 atom stereocenters. The highest BCUT2D eigenvalue weighted by atomic mass is 16.5. The molecule has 0 saturated carbocycles. The lowest BCUT2D eigenvalue weighted by atomic mass is 9.99. The Kier molecular flexibility index (Phi) is 10.9. The lowest BCUT2D eigenvalue weighted by Crippen LogP contribution is -2.40. The largest absolute Gasteiger partial charge is 0.394 e. The van der Waals surface area contributed by atoms with Crippen molar-refractivity contribution in [2.24, 2.45) is 5.73 Å². The second-order valence-corrected chi connectivity index (χ2v) is 5.30. The van der Waals surface area contributed by atoms with Gasteiger partial charge in [-0.1, -0.05) is 39.0 Å². The molecule has 0 rings (SSSR count). The standard InChI is InChI=1S/C14H31NO2/c1-3-4-5-6-7-8-11-17-12-9-10-14(2,15)13-16/h16H,3-13,15H2,1-2H3. The van der Waals surface area contributed by atoms with Crippen molar-refractivity contribution < 1.29 is 9.84 Å². The lowest BCUT2D eigenvalue weighted by Gasteiger charge is -2.21. The Bertz CT molecular complexity index is 160. The van der Waals surface area contributed by atoms with Gasteiger partial charge in [-0.15, -0.1) is 0 Å². The quantitative estimate of drug-likeness (QED) is 0.520. The van der Waals surface area contributed by atoms with E-state index < -0.39 is 5.54 Å². The van der Waals surface area contributed by atoms with E-state index in [4.69, 9.17) is 15.6 Å². The van der Waals surface area contributed by atoms with Crippen LogP contribution in [0.15, 0.2) is 0 Å². The van der Waals surface area contributed by atoms with Crippen LogP contribution in [-0.2, 0) is 4.74 Å². The predicted molar refractivity (Wildman–Crippen MR) is 73.1 cm³/mol. The molecular weight excluding hydrogens is 214 g/mol. The number of aliphatic hydroxyl groups excluding tert-OH is 1. The minimum Gasteiger partial charge on any atom is -0.394 e. The fourth-order valence-electron chi connectivity index (χ4n) is 1.74. The van der Waals surface area contributed by atoms with E-state index in [-0.39, 0.29) is 6.61 Å². The molecule has 0 aromatic heterocycles. The number of rotatable bonds is 12.